The lowest BCUT2D eigenvalue weighted by Crippen LogP contribution is -2.30. The van der Waals surface area contributed by atoms with Gasteiger partial charge < -0.3 is 10.6 Å². The first kappa shape index (κ1) is 25.9. The third kappa shape index (κ3) is 5.47. The Morgan fingerprint density at radius 1 is 0.973 bits per heavy atom. The largest absolute Gasteiger partial charge is 0.352 e. The third-order valence-corrected chi connectivity index (χ3v) is 5.89. The molecule has 10 heteroatoms. The summed E-state index contributed by atoms with van der Waals surface area (Å²) >= 11 is 0. The van der Waals surface area contributed by atoms with Crippen LogP contribution >= 0.6 is 0 Å². The van der Waals surface area contributed by atoms with Gasteiger partial charge in [-0.3, -0.25) is 19.0 Å². The summed E-state index contributed by atoms with van der Waals surface area (Å²) in [5.74, 6) is -0.228. The van der Waals surface area contributed by atoms with E-state index >= 15 is 0 Å². The lowest BCUT2D eigenvalue weighted by Gasteiger charge is -2.13. The third-order valence-electron chi connectivity index (χ3n) is 5.89. The van der Waals surface area contributed by atoms with Crippen LogP contribution in [-0.2, 0) is 17.9 Å². The number of amides is 2. The number of carbonyl (C=O) groups is 2. The van der Waals surface area contributed by atoms with E-state index in [0.717, 1.165) is 10.2 Å². The first-order chi connectivity index (χ1) is 17.5. The van der Waals surface area contributed by atoms with Gasteiger partial charge in [0.25, 0.3) is 11.5 Å². The van der Waals surface area contributed by atoms with Gasteiger partial charge >= 0.3 is 5.69 Å². The number of hydrogen-bond donors (Lipinski definition) is 2. The molecule has 0 spiro atoms. The predicted molar refractivity (Wildman–Crippen MR) is 143 cm³/mol. The molecule has 0 aliphatic rings. The number of anilines is 1. The molecule has 0 unspecified atom stereocenters. The molecule has 0 saturated carbocycles. The lowest BCUT2D eigenvalue weighted by molar-refractivity contribution is -0.117. The van der Waals surface area contributed by atoms with E-state index < -0.39 is 11.6 Å². The van der Waals surface area contributed by atoms with Gasteiger partial charge in [-0.2, -0.15) is 0 Å². The molecule has 0 atom stereocenters. The monoisotopic (exact) mass is 504 g/mol. The highest BCUT2D eigenvalue weighted by molar-refractivity contribution is 5.98. The highest BCUT2D eigenvalue weighted by Gasteiger charge is 2.20. The predicted octanol–water partition coefficient (Wildman–Crippen LogP) is 2.80. The molecular formula is C27H32N6O4. The first-order valence-electron chi connectivity index (χ1n) is 12.4. The number of nitrogens with zero attached hydrogens (tertiary/aromatic N) is 4. The summed E-state index contributed by atoms with van der Waals surface area (Å²) in [7, 11) is 0. The van der Waals surface area contributed by atoms with E-state index in [1.165, 1.54) is 15.0 Å². The van der Waals surface area contributed by atoms with Gasteiger partial charge in [0.15, 0.2) is 0 Å². The molecule has 0 aliphatic heterocycles. The van der Waals surface area contributed by atoms with Crippen LogP contribution in [-0.4, -0.2) is 37.1 Å². The molecule has 0 bridgehead atoms. The molecule has 0 aliphatic carbocycles. The molecule has 2 aromatic carbocycles. The normalized spacial score (nSPS) is 11.5. The van der Waals surface area contributed by atoms with Crippen LogP contribution in [0.15, 0.2) is 52.1 Å². The number of benzene rings is 2. The minimum Gasteiger partial charge on any atom is -0.352 e. The summed E-state index contributed by atoms with van der Waals surface area (Å²) in [6, 6.07) is 12.0. The number of aromatic nitrogens is 4. The second kappa shape index (κ2) is 10.4. The van der Waals surface area contributed by atoms with Crippen molar-refractivity contribution in [1.82, 2.24) is 24.1 Å². The standard InChI is InChI=1S/C27H32N6O4/c1-16(2)13-28-24(35)19-8-11-21-22(12-19)33-26(31(25(21)36)14-17(3)4)30-32(27(33)37)15-23(34)29-20-9-6-18(5)7-10-20/h6-12,16-17H,13-15H2,1-5H3,(H,28,35)(H,29,34). The Bertz CT molecular complexity index is 1590. The Labute approximate surface area is 213 Å². The van der Waals surface area contributed by atoms with Gasteiger partial charge in [-0.25, -0.2) is 13.9 Å². The Morgan fingerprint density at radius 3 is 2.32 bits per heavy atom. The van der Waals surface area contributed by atoms with E-state index in [-0.39, 0.29) is 41.1 Å². The zero-order valence-electron chi connectivity index (χ0n) is 21.7. The zero-order chi connectivity index (χ0) is 26.9. The average molecular weight is 505 g/mol. The number of carbonyl (C=O) groups excluding carboxylic acids is 2. The maximum Gasteiger partial charge on any atom is 0.352 e. The van der Waals surface area contributed by atoms with Crippen molar-refractivity contribution in [3.8, 4) is 0 Å². The van der Waals surface area contributed by atoms with E-state index in [9.17, 15) is 19.2 Å². The Morgan fingerprint density at radius 2 is 1.68 bits per heavy atom. The quantitative estimate of drug-likeness (QED) is 0.382. The number of fused-ring (bicyclic) bond motifs is 3. The average Bonchev–Trinajstić information content (AvgIpc) is 3.16. The van der Waals surface area contributed by atoms with Gasteiger partial charge in [-0.15, -0.1) is 5.10 Å². The van der Waals surface area contributed by atoms with Crippen molar-refractivity contribution in [3.63, 3.8) is 0 Å². The van der Waals surface area contributed by atoms with Gasteiger partial charge in [0.1, 0.15) is 6.54 Å². The Balaban J connectivity index is 1.81. The van der Waals surface area contributed by atoms with Crippen LogP contribution < -0.4 is 21.9 Å². The first-order valence-corrected chi connectivity index (χ1v) is 12.4. The van der Waals surface area contributed by atoms with Crippen LogP contribution in [0.1, 0.15) is 43.6 Å². The van der Waals surface area contributed by atoms with Gasteiger partial charge in [0.05, 0.1) is 10.9 Å². The molecule has 4 rings (SSSR count). The van der Waals surface area contributed by atoms with E-state index in [1.54, 1.807) is 24.3 Å². The minimum atomic E-state index is -0.573. The summed E-state index contributed by atoms with van der Waals surface area (Å²) < 4.78 is 3.79. The van der Waals surface area contributed by atoms with Crippen LogP contribution in [0.2, 0.25) is 0 Å². The molecule has 0 saturated heterocycles. The summed E-state index contributed by atoms with van der Waals surface area (Å²) in [6.07, 6.45) is 0. The summed E-state index contributed by atoms with van der Waals surface area (Å²) in [6.45, 7) is 10.3. The molecule has 2 heterocycles. The Kier molecular flexibility index (Phi) is 7.28. The van der Waals surface area contributed by atoms with Crippen molar-refractivity contribution in [1.29, 1.82) is 0 Å². The maximum atomic E-state index is 13.5. The van der Waals surface area contributed by atoms with Gasteiger partial charge in [-0.1, -0.05) is 45.4 Å². The van der Waals surface area contributed by atoms with Crippen LogP contribution in [0.3, 0.4) is 0 Å². The molecule has 37 heavy (non-hydrogen) atoms. The lowest BCUT2D eigenvalue weighted by atomic mass is 10.1. The molecule has 2 N–H and O–H groups in total. The second-order valence-electron chi connectivity index (χ2n) is 10.1. The van der Waals surface area contributed by atoms with Crippen LogP contribution in [0.5, 0.6) is 0 Å². The summed E-state index contributed by atoms with van der Waals surface area (Å²) in [5.41, 5.74) is 1.37. The van der Waals surface area contributed by atoms with Gasteiger partial charge in [-0.05, 0) is 49.1 Å². The van der Waals surface area contributed by atoms with Crippen LogP contribution in [0.25, 0.3) is 16.7 Å². The highest BCUT2D eigenvalue weighted by Crippen LogP contribution is 2.16. The van der Waals surface area contributed by atoms with Gasteiger partial charge in [0, 0.05) is 24.3 Å². The number of nitrogens with one attached hydrogen (secondary N) is 2. The fraction of sp³-hybridized carbons (Fsp3) is 0.370. The molecule has 2 amide bonds. The maximum absolute atomic E-state index is 13.5. The highest BCUT2D eigenvalue weighted by atomic mass is 16.2. The minimum absolute atomic E-state index is 0.102. The van der Waals surface area contributed by atoms with Crippen molar-refractivity contribution in [3.05, 3.63) is 74.4 Å². The van der Waals surface area contributed by atoms with Crippen LogP contribution in [0, 0.1) is 18.8 Å². The van der Waals surface area contributed by atoms with E-state index in [2.05, 4.69) is 15.7 Å². The van der Waals surface area contributed by atoms with Crippen LogP contribution in [0.4, 0.5) is 5.69 Å². The molecule has 194 valence electrons. The molecule has 0 fully saturated rings. The van der Waals surface area contributed by atoms with Crippen molar-refractivity contribution in [2.75, 3.05) is 11.9 Å². The molecule has 4 aromatic rings. The van der Waals surface area contributed by atoms with Gasteiger partial charge in [0.2, 0.25) is 11.7 Å². The number of rotatable bonds is 8. The smallest absolute Gasteiger partial charge is 0.352 e. The van der Waals surface area contributed by atoms with Crippen molar-refractivity contribution in [2.24, 2.45) is 11.8 Å². The summed E-state index contributed by atoms with van der Waals surface area (Å²) in [4.78, 5) is 52.3. The molecule has 0 radical (unpaired) electrons. The van der Waals surface area contributed by atoms with E-state index in [1.807, 2.05) is 46.8 Å². The fourth-order valence-corrected chi connectivity index (χ4v) is 4.06. The van der Waals surface area contributed by atoms with Crippen molar-refractivity contribution < 1.29 is 9.59 Å². The van der Waals surface area contributed by atoms with Crippen molar-refractivity contribution in [2.45, 2.75) is 47.7 Å². The summed E-state index contributed by atoms with van der Waals surface area (Å²) in [5, 5.41) is 10.3. The van der Waals surface area contributed by atoms with E-state index in [0.29, 0.717) is 29.7 Å². The fourth-order valence-electron chi connectivity index (χ4n) is 4.06. The molecule has 10 nitrogen and oxygen atoms in total. The molecular weight excluding hydrogens is 472 g/mol. The topological polar surface area (TPSA) is 120 Å². The molecule has 2 aromatic heterocycles. The van der Waals surface area contributed by atoms with E-state index in [4.69, 9.17) is 0 Å². The zero-order valence-corrected chi connectivity index (χ0v) is 21.7. The second-order valence-corrected chi connectivity index (χ2v) is 10.1. The van der Waals surface area contributed by atoms with Crippen molar-refractivity contribution >= 4 is 34.2 Å². The SMILES string of the molecule is Cc1ccc(NC(=O)Cn2nc3n(CC(C)C)c(=O)c4ccc(C(=O)NCC(C)C)cc4n3c2=O)cc1. The number of aryl methyl sites for hydroxylation is 1. The number of hydrogen-bond acceptors (Lipinski definition) is 5. The Hall–Kier alpha value is -4.21.